The van der Waals surface area contributed by atoms with Gasteiger partial charge in [-0.05, 0) is 42.0 Å². The number of pyridine rings is 2. The minimum Gasteiger partial charge on any atom is -0.419 e. The van der Waals surface area contributed by atoms with Crippen molar-refractivity contribution in [3.63, 3.8) is 0 Å². The molecule has 0 radical (unpaired) electrons. The molecule has 10 nitrogen and oxygen atoms in total. The first-order valence-electron chi connectivity index (χ1n) is 10.6. The highest BCUT2D eigenvalue weighted by atomic mass is 32.2. The normalized spacial score (nSPS) is 12.2. The van der Waals surface area contributed by atoms with Gasteiger partial charge in [-0.1, -0.05) is 19.9 Å². The average Bonchev–Trinajstić information content (AvgIpc) is 2.83. The quantitative estimate of drug-likeness (QED) is 0.252. The van der Waals surface area contributed by atoms with E-state index in [-0.39, 0.29) is 35.2 Å². The van der Waals surface area contributed by atoms with Crippen molar-refractivity contribution in [2.75, 3.05) is 12.8 Å². The van der Waals surface area contributed by atoms with Crippen LogP contribution in [0, 0.1) is 0 Å². The van der Waals surface area contributed by atoms with E-state index >= 15 is 0 Å². The highest BCUT2D eigenvalue weighted by Gasteiger charge is 2.23. The third-order valence-electron chi connectivity index (χ3n) is 4.58. The lowest BCUT2D eigenvalue weighted by Gasteiger charge is -2.20. The minimum absolute atomic E-state index is 0.0344. The number of hydrogen-bond donors (Lipinski definition) is 1. The molecule has 35 heavy (non-hydrogen) atoms. The standard InChI is InChI=1S/C24H25N3O7S/c1-16(2)27-15-22(34-35(3,30)31)19-4-5-20(32-23(28)17-6-10-25-11-7-17)21(14-19)33-24(29)18-8-12-26-13-9-18/h4-14,16,22,27H,15H2,1-3H3. The van der Waals surface area contributed by atoms with E-state index in [1.54, 1.807) is 0 Å². The van der Waals surface area contributed by atoms with Crippen LogP contribution in [0.4, 0.5) is 0 Å². The first-order valence-corrected chi connectivity index (χ1v) is 12.4. The maximum atomic E-state index is 12.7. The molecule has 0 amide bonds. The molecule has 2 aromatic heterocycles. The van der Waals surface area contributed by atoms with E-state index in [4.69, 9.17) is 13.7 Å². The van der Waals surface area contributed by atoms with E-state index in [1.165, 1.54) is 67.3 Å². The van der Waals surface area contributed by atoms with Crippen LogP contribution in [0.5, 0.6) is 11.5 Å². The molecule has 0 aliphatic carbocycles. The van der Waals surface area contributed by atoms with Gasteiger partial charge in [-0.15, -0.1) is 0 Å². The summed E-state index contributed by atoms with van der Waals surface area (Å²) in [6, 6.07) is 10.3. The molecule has 0 fully saturated rings. The highest BCUT2D eigenvalue weighted by Crippen LogP contribution is 2.33. The lowest BCUT2D eigenvalue weighted by Crippen LogP contribution is -2.30. The second-order valence-corrected chi connectivity index (χ2v) is 9.41. The Kier molecular flexibility index (Phi) is 8.63. The van der Waals surface area contributed by atoms with Gasteiger partial charge in [0.1, 0.15) is 6.10 Å². The molecule has 0 bridgehead atoms. The maximum Gasteiger partial charge on any atom is 0.343 e. The summed E-state index contributed by atoms with van der Waals surface area (Å²) in [4.78, 5) is 33.0. The number of carbonyl (C=O) groups is 2. The summed E-state index contributed by atoms with van der Waals surface area (Å²) in [5.74, 6) is -1.52. The molecule has 3 aromatic rings. The zero-order valence-corrected chi connectivity index (χ0v) is 20.2. The van der Waals surface area contributed by atoms with Gasteiger partial charge in [0.2, 0.25) is 0 Å². The summed E-state index contributed by atoms with van der Waals surface area (Å²) < 4.78 is 40.0. The van der Waals surface area contributed by atoms with Gasteiger partial charge < -0.3 is 14.8 Å². The molecule has 2 heterocycles. The minimum atomic E-state index is -3.81. The molecule has 1 N–H and O–H groups in total. The Morgan fingerprint density at radius 1 is 0.857 bits per heavy atom. The van der Waals surface area contributed by atoms with Gasteiger partial charge in [-0.3, -0.25) is 14.2 Å². The van der Waals surface area contributed by atoms with Gasteiger partial charge >= 0.3 is 11.9 Å². The van der Waals surface area contributed by atoms with E-state index < -0.39 is 28.2 Å². The zero-order chi connectivity index (χ0) is 25.4. The van der Waals surface area contributed by atoms with Crippen LogP contribution in [0.3, 0.4) is 0 Å². The SMILES string of the molecule is CC(C)NCC(OS(C)(=O)=O)c1ccc(OC(=O)c2ccncc2)c(OC(=O)c2ccncc2)c1. The first kappa shape index (κ1) is 25.9. The number of esters is 2. The van der Waals surface area contributed by atoms with Gasteiger partial charge in [-0.25, -0.2) is 9.59 Å². The summed E-state index contributed by atoms with van der Waals surface area (Å²) in [5, 5.41) is 3.13. The molecule has 184 valence electrons. The topological polar surface area (TPSA) is 134 Å². The van der Waals surface area contributed by atoms with Crippen molar-refractivity contribution >= 4 is 22.1 Å². The fraction of sp³-hybridized carbons (Fsp3) is 0.250. The number of rotatable bonds is 10. The molecule has 3 rings (SSSR count). The zero-order valence-electron chi connectivity index (χ0n) is 19.4. The predicted molar refractivity (Wildman–Crippen MR) is 127 cm³/mol. The Morgan fingerprint density at radius 2 is 1.37 bits per heavy atom. The molecule has 1 atom stereocenters. The summed E-state index contributed by atoms with van der Waals surface area (Å²) in [5.41, 5.74) is 0.863. The van der Waals surface area contributed by atoms with Gasteiger partial charge in [-0.2, -0.15) is 8.42 Å². The van der Waals surface area contributed by atoms with Crippen molar-refractivity contribution in [3.05, 3.63) is 83.9 Å². The first-order chi connectivity index (χ1) is 16.6. The summed E-state index contributed by atoms with van der Waals surface area (Å²) in [6.07, 6.45) is 5.79. The number of nitrogens with one attached hydrogen (secondary N) is 1. The van der Waals surface area contributed by atoms with Gasteiger partial charge in [0.15, 0.2) is 11.5 Å². The molecular formula is C24H25N3O7S. The van der Waals surface area contributed by atoms with Crippen LogP contribution in [0.2, 0.25) is 0 Å². The Balaban J connectivity index is 1.97. The lowest BCUT2D eigenvalue weighted by atomic mass is 10.1. The second kappa shape index (κ2) is 11.6. The van der Waals surface area contributed by atoms with Crippen LogP contribution in [-0.2, 0) is 14.3 Å². The number of ether oxygens (including phenoxy) is 2. The number of carbonyl (C=O) groups excluding carboxylic acids is 2. The third-order valence-corrected chi connectivity index (χ3v) is 5.16. The van der Waals surface area contributed by atoms with Crippen molar-refractivity contribution in [3.8, 4) is 11.5 Å². The summed E-state index contributed by atoms with van der Waals surface area (Å²) in [6.45, 7) is 3.97. The maximum absolute atomic E-state index is 12.7. The highest BCUT2D eigenvalue weighted by molar-refractivity contribution is 7.86. The van der Waals surface area contributed by atoms with Crippen LogP contribution >= 0.6 is 0 Å². The van der Waals surface area contributed by atoms with Crippen LogP contribution in [0.25, 0.3) is 0 Å². The lowest BCUT2D eigenvalue weighted by molar-refractivity contribution is 0.0681. The van der Waals surface area contributed by atoms with E-state index in [2.05, 4.69) is 15.3 Å². The van der Waals surface area contributed by atoms with Gasteiger partial charge in [0.25, 0.3) is 10.1 Å². The monoisotopic (exact) mass is 499 g/mol. The predicted octanol–water partition coefficient (Wildman–Crippen LogP) is 2.93. The van der Waals surface area contributed by atoms with E-state index in [1.807, 2.05) is 13.8 Å². The molecule has 0 aliphatic heterocycles. The fourth-order valence-electron chi connectivity index (χ4n) is 2.94. The third kappa shape index (κ3) is 7.95. The number of nitrogens with zero attached hydrogens (tertiary/aromatic N) is 2. The number of hydrogen-bond acceptors (Lipinski definition) is 10. The molecular weight excluding hydrogens is 474 g/mol. The van der Waals surface area contributed by atoms with E-state index in [9.17, 15) is 18.0 Å². The van der Waals surface area contributed by atoms with Crippen molar-refractivity contribution < 1.29 is 31.7 Å². The van der Waals surface area contributed by atoms with Crippen LogP contribution in [0.15, 0.2) is 67.3 Å². The smallest absolute Gasteiger partial charge is 0.343 e. The van der Waals surface area contributed by atoms with E-state index in [0.29, 0.717) is 5.56 Å². The van der Waals surface area contributed by atoms with Crippen molar-refractivity contribution in [1.29, 1.82) is 0 Å². The Bertz CT molecular complexity index is 1270. The molecule has 1 unspecified atom stereocenters. The Morgan fingerprint density at radius 3 is 1.86 bits per heavy atom. The molecule has 0 saturated heterocycles. The van der Waals surface area contributed by atoms with Gasteiger partial charge in [0.05, 0.1) is 17.4 Å². The van der Waals surface area contributed by atoms with Crippen molar-refractivity contribution in [2.45, 2.75) is 26.0 Å². The summed E-state index contributed by atoms with van der Waals surface area (Å²) in [7, 11) is -3.81. The largest absolute Gasteiger partial charge is 0.419 e. The van der Waals surface area contributed by atoms with E-state index in [0.717, 1.165) is 6.26 Å². The fourth-order valence-corrected chi connectivity index (χ4v) is 3.54. The van der Waals surface area contributed by atoms with Crippen molar-refractivity contribution in [1.82, 2.24) is 15.3 Å². The van der Waals surface area contributed by atoms with Crippen LogP contribution in [0.1, 0.15) is 46.2 Å². The number of benzene rings is 1. The van der Waals surface area contributed by atoms with Crippen LogP contribution < -0.4 is 14.8 Å². The molecule has 0 spiro atoms. The molecule has 11 heteroatoms. The Labute approximate surface area is 203 Å². The second-order valence-electron chi connectivity index (χ2n) is 7.81. The van der Waals surface area contributed by atoms with Gasteiger partial charge in [0, 0.05) is 37.4 Å². The molecule has 0 saturated carbocycles. The van der Waals surface area contributed by atoms with Crippen molar-refractivity contribution in [2.24, 2.45) is 0 Å². The molecule has 1 aromatic carbocycles. The summed E-state index contributed by atoms with van der Waals surface area (Å²) >= 11 is 0. The average molecular weight is 500 g/mol. The number of aromatic nitrogens is 2. The molecule has 0 aliphatic rings. The Hall–Kier alpha value is -3.67. The van der Waals surface area contributed by atoms with Crippen LogP contribution in [-0.4, -0.2) is 49.2 Å².